The molecule has 2 aromatic rings. The summed E-state index contributed by atoms with van der Waals surface area (Å²) in [6.07, 6.45) is 6.71. The minimum Gasteiger partial charge on any atom is -0.423 e. The lowest BCUT2D eigenvalue weighted by molar-refractivity contribution is 0.0763. The topological polar surface area (TPSA) is 51.4 Å². The van der Waals surface area contributed by atoms with Gasteiger partial charge in [-0.2, -0.15) is 0 Å². The Kier molecular flexibility index (Phi) is 6.20. The molecule has 5 heteroatoms. The van der Waals surface area contributed by atoms with Gasteiger partial charge in [0.25, 0.3) is 0 Å². The summed E-state index contributed by atoms with van der Waals surface area (Å²) < 4.78 is 11.6. The number of rotatable bonds is 6. The van der Waals surface area contributed by atoms with Crippen LogP contribution in [-0.4, -0.2) is 41.4 Å². The van der Waals surface area contributed by atoms with Gasteiger partial charge in [0.2, 0.25) is 11.8 Å². The van der Waals surface area contributed by atoms with E-state index in [1.165, 1.54) is 18.4 Å². The summed E-state index contributed by atoms with van der Waals surface area (Å²) in [4.78, 5) is 2.57. The zero-order chi connectivity index (χ0) is 18.5. The number of aromatic nitrogens is 2. The summed E-state index contributed by atoms with van der Waals surface area (Å²) in [5, 5.41) is 8.85. The zero-order valence-electron chi connectivity index (χ0n) is 16.3. The second-order valence-corrected chi connectivity index (χ2v) is 8.17. The van der Waals surface area contributed by atoms with Gasteiger partial charge < -0.3 is 9.15 Å². The molecule has 1 aromatic carbocycles. The van der Waals surface area contributed by atoms with Crippen LogP contribution in [0.25, 0.3) is 0 Å². The third-order valence-electron chi connectivity index (χ3n) is 5.90. The van der Waals surface area contributed by atoms with E-state index < -0.39 is 0 Å². The summed E-state index contributed by atoms with van der Waals surface area (Å²) >= 11 is 0. The highest BCUT2D eigenvalue weighted by Gasteiger charge is 2.31. The normalized spacial score (nSPS) is 23.4. The van der Waals surface area contributed by atoms with Crippen molar-refractivity contribution in [2.45, 2.75) is 57.4 Å². The Morgan fingerprint density at radius 2 is 1.81 bits per heavy atom. The van der Waals surface area contributed by atoms with Gasteiger partial charge in [0.1, 0.15) is 0 Å². The molecule has 0 radical (unpaired) electrons. The fraction of sp³-hybridized carbons (Fsp3) is 0.636. The first-order chi connectivity index (χ1) is 13.3. The lowest BCUT2D eigenvalue weighted by Gasteiger charge is -2.35. The monoisotopic (exact) mass is 369 g/mol. The predicted octanol–water partition coefficient (Wildman–Crippen LogP) is 4.37. The third kappa shape index (κ3) is 4.77. The Hall–Kier alpha value is -1.72. The zero-order valence-corrected chi connectivity index (χ0v) is 16.3. The van der Waals surface area contributed by atoms with Crippen LogP contribution in [-0.2, 0) is 11.2 Å². The molecule has 2 aliphatic rings. The first-order valence-electron chi connectivity index (χ1n) is 10.5. The largest absolute Gasteiger partial charge is 0.423 e. The number of likely N-dealkylation sites (tertiary alicyclic amines) is 1. The van der Waals surface area contributed by atoms with Crippen molar-refractivity contribution in [1.82, 2.24) is 15.1 Å². The van der Waals surface area contributed by atoms with Gasteiger partial charge in [-0.05, 0) is 50.1 Å². The first-order valence-corrected chi connectivity index (χ1v) is 10.5. The molecule has 0 aliphatic carbocycles. The number of hydrogen-bond donors (Lipinski definition) is 0. The molecule has 3 heterocycles. The highest BCUT2D eigenvalue weighted by atomic mass is 16.5. The van der Waals surface area contributed by atoms with Gasteiger partial charge in [-0.15, -0.1) is 10.2 Å². The second-order valence-electron chi connectivity index (χ2n) is 8.17. The average molecular weight is 370 g/mol. The standard InChI is InChI=1S/C22H31N3O2/c1-17(15-18-7-3-2-4-8-18)16-25-12-6-5-9-20(25)22-24-23-21(27-22)19-10-13-26-14-11-19/h2-4,7-8,17,19-20H,5-6,9-16H2,1H3/t17-,20+/m1/s1. The summed E-state index contributed by atoms with van der Waals surface area (Å²) in [5.41, 5.74) is 1.41. The summed E-state index contributed by atoms with van der Waals surface area (Å²) in [6.45, 7) is 6.15. The van der Waals surface area contributed by atoms with Crippen LogP contribution in [0.2, 0.25) is 0 Å². The number of hydrogen-bond acceptors (Lipinski definition) is 5. The SMILES string of the molecule is C[C@H](Cc1ccccc1)CN1CCCC[C@H]1c1nnc(C2CCOCC2)o1. The molecule has 0 amide bonds. The molecule has 2 saturated heterocycles. The Balaban J connectivity index is 1.40. The second kappa shape index (κ2) is 8.98. The first kappa shape index (κ1) is 18.6. The summed E-state index contributed by atoms with van der Waals surface area (Å²) in [7, 11) is 0. The number of benzene rings is 1. The number of piperidine rings is 1. The van der Waals surface area contributed by atoms with E-state index >= 15 is 0 Å². The molecule has 0 bridgehead atoms. The molecular formula is C22H31N3O2. The van der Waals surface area contributed by atoms with Crippen LogP contribution < -0.4 is 0 Å². The van der Waals surface area contributed by atoms with Crippen molar-refractivity contribution in [1.29, 1.82) is 0 Å². The third-order valence-corrected chi connectivity index (χ3v) is 5.90. The lowest BCUT2D eigenvalue weighted by atomic mass is 9.96. The Morgan fingerprint density at radius 1 is 1.04 bits per heavy atom. The van der Waals surface area contributed by atoms with Crippen molar-refractivity contribution >= 4 is 0 Å². The molecule has 0 saturated carbocycles. The van der Waals surface area contributed by atoms with Gasteiger partial charge in [-0.3, -0.25) is 4.90 Å². The Morgan fingerprint density at radius 3 is 2.63 bits per heavy atom. The molecule has 0 N–H and O–H groups in total. The van der Waals surface area contributed by atoms with E-state index in [4.69, 9.17) is 9.15 Å². The fourth-order valence-electron chi connectivity index (χ4n) is 4.46. The summed E-state index contributed by atoms with van der Waals surface area (Å²) in [5.74, 6) is 2.61. The van der Waals surface area contributed by atoms with Gasteiger partial charge in [-0.1, -0.05) is 43.7 Å². The van der Waals surface area contributed by atoms with Crippen LogP contribution >= 0.6 is 0 Å². The molecule has 2 fully saturated rings. The quantitative estimate of drug-likeness (QED) is 0.757. The predicted molar refractivity (Wildman–Crippen MR) is 105 cm³/mol. The maximum atomic E-state index is 6.17. The number of ether oxygens (including phenoxy) is 1. The van der Waals surface area contributed by atoms with Crippen LogP contribution in [0.5, 0.6) is 0 Å². The van der Waals surface area contributed by atoms with Crippen LogP contribution in [0, 0.1) is 5.92 Å². The van der Waals surface area contributed by atoms with Crippen LogP contribution in [0.3, 0.4) is 0 Å². The number of nitrogens with zero attached hydrogens (tertiary/aromatic N) is 3. The molecule has 2 aliphatic heterocycles. The average Bonchev–Trinajstić information content (AvgIpc) is 3.20. The van der Waals surface area contributed by atoms with Gasteiger partial charge >= 0.3 is 0 Å². The van der Waals surface area contributed by atoms with Crippen molar-refractivity contribution in [3.05, 3.63) is 47.7 Å². The van der Waals surface area contributed by atoms with Gasteiger partial charge in [0.05, 0.1) is 6.04 Å². The van der Waals surface area contributed by atoms with Gasteiger partial charge in [-0.25, -0.2) is 0 Å². The molecule has 5 nitrogen and oxygen atoms in total. The minimum atomic E-state index is 0.276. The molecule has 0 unspecified atom stereocenters. The molecule has 1 aromatic heterocycles. The maximum absolute atomic E-state index is 6.17. The lowest BCUT2D eigenvalue weighted by Crippen LogP contribution is -2.37. The van der Waals surface area contributed by atoms with E-state index in [9.17, 15) is 0 Å². The van der Waals surface area contributed by atoms with E-state index in [2.05, 4.69) is 52.4 Å². The van der Waals surface area contributed by atoms with Crippen molar-refractivity contribution in [2.24, 2.45) is 5.92 Å². The maximum Gasteiger partial charge on any atom is 0.233 e. The molecule has 146 valence electrons. The highest BCUT2D eigenvalue weighted by molar-refractivity contribution is 5.15. The molecule has 27 heavy (non-hydrogen) atoms. The van der Waals surface area contributed by atoms with Crippen LogP contribution in [0.1, 0.15) is 68.3 Å². The summed E-state index contributed by atoms with van der Waals surface area (Å²) in [6, 6.07) is 11.1. The molecule has 2 atom stereocenters. The van der Waals surface area contributed by atoms with E-state index in [0.717, 1.165) is 63.8 Å². The molecule has 4 rings (SSSR count). The van der Waals surface area contributed by atoms with Gasteiger partial charge in [0, 0.05) is 25.7 Å². The van der Waals surface area contributed by atoms with Crippen LogP contribution in [0.15, 0.2) is 34.7 Å². The Bertz CT molecular complexity index is 697. The minimum absolute atomic E-state index is 0.276. The fourth-order valence-corrected chi connectivity index (χ4v) is 4.46. The van der Waals surface area contributed by atoms with Crippen molar-refractivity contribution in [2.75, 3.05) is 26.3 Å². The van der Waals surface area contributed by atoms with Gasteiger partial charge in [0.15, 0.2) is 0 Å². The van der Waals surface area contributed by atoms with E-state index in [1.807, 2.05) is 0 Å². The Labute approximate surface area is 162 Å². The van der Waals surface area contributed by atoms with E-state index in [-0.39, 0.29) is 6.04 Å². The van der Waals surface area contributed by atoms with Crippen molar-refractivity contribution in [3.8, 4) is 0 Å². The van der Waals surface area contributed by atoms with Crippen molar-refractivity contribution in [3.63, 3.8) is 0 Å². The van der Waals surface area contributed by atoms with E-state index in [1.54, 1.807) is 0 Å². The highest BCUT2D eigenvalue weighted by Crippen LogP contribution is 2.33. The van der Waals surface area contributed by atoms with E-state index in [0.29, 0.717) is 11.8 Å². The molecule has 0 spiro atoms. The smallest absolute Gasteiger partial charge is 0.233 e. The molecular weight excluding hydrogens is 338 g/mol. The van der Waals surface area contributed by atoms with Crippen LogP contribution in [0.4, 0.5) is 0 Å². The van der Waals surface area contributed by atoms with Crippen molar-refractivity contribution < 1.29 is 9.15 Å².